The zero-order chi connectivity index (χ0) is 32.8. The number of H-pyrrole nitrogens is 1. The van der Waals surface area contributed by atoms with Gasteiger partial charge in [0.2, 0.25) is 0 Å². The summed E-state index contributed by atoms with van der Waals surface area (Å²) in [4.78, 5) is 16.0. The van der Waals surface area contributed by atoms with Crippen LogP contribution in [-0.2, 0) is 21.2 Å². The number of para-hydroxylation sites is 2. The quantitative estimate of drug-likeness (QED) is 0.150. The van der Waals surface area contributed by atoms with Gasteiger partial charge in [-0.1, -0.05) is 42.5 Å². The third-order valence-corrected chi connectivity index (χ3v) is 7.08. The van der Waals surface area contributed by atoms with Crippen LogP contribution in [0.2, 0.25) is 0 Å². The van der Waals surface area contributed by atoms with Gasteiger partial charge in [0, 0.05) is 6.42 Å². The molecule has 0 spiro atoms. The molecule has 3 N–H and O–H groups in total. The Balaban J connectivity index is 0.000000591. The minimum absolute atomic E-state index is 0.150. The number of alkyl halides is 6. The number of halogens is 6. The number of carbonyl (C=O) groups is 1. The van der Waals surface area contributed by atoms with E-state index in [1.54, 1.807) is 6.07 Å². The van der Waals surface area contributed by atoms with Crippen molar-refractivity contribution in [2.45, 2.75) is 23.9 Å². The van der Waals surface area contributed by atoms with Crippen molar-refractivity contribution >= 4 is 32.7 Å². The second-order valence-electron chi connectivity index (χ2n) is 9.05. The summed E-state index contributed by atoms with van der Waals surface area (Å²) in [6.45, 7) is 0. The maximum absolute atomic E-state index is 12.8. The smallest absolute Gasteiger partial charge is 0.475 e. The van der Waals surface area contributed by atoms with E-state index in [1.807, 2.05) is 54.6 Å². The van der Waals surface area contributed by atoms with Crippen LogP contribution >= 0.6 is 0 Å². The molecule has 0 aliphatic carbocycles. The average molecular weight is 654 g/mol. The van der Waals surface area contributed by atoms with E-state index in [0.29, 0.717) is 29.0 Å². The number of sulfonamides is 1. The lowest BCUT2D eigenvalue weighted by atomic mass is 10.1. The summed E-state index contributed by atoms with van der Waals surface area (Å²) in [5, 5.41) is 7.12. The first-order valence-corrected chi connectivity index (χ1v) is 14.1. The van der Waals surface area contributed by atoms with Crippen molar-refractivity contribution in [3.05, 3.63) is 108 Å². The Morgan fingerprint density at radius 2 is 1.44 bits per heavy atom. The van der Waals surface area contributed by atoms with Gasteiger partial charge in [-0.3, -0.25) is 4.72 Å². The lowest BCUT2D eigenvalue weighted by Gasteiger charge is -2.14. The lowest BCUT2D eigenvalue weighted by molar-refractivity contribution is -0.275. The molecule has 0 saturated heterocycles. The number of nitrogens with one attached hydrogen (secondary N) is 2. The molecule has 4 aromatic carbocycles. The molecule has 45 heavy (non-hydrogen) atoms. The highest BCUT2D eigenvalue weighted by Gasteiger charge is 2.38. The van der Waals surface area contributed by atoms with Crippen molar-refractivity contribution < 1.29 is 54.1 Å². The molecule has 0 amide bonds. The zero-order valence-corrected chi connectivity index (χ0v) is 23.4. The van der Waals surface area contributed by atoms with Crippen LogP contribution in [0.4, 0.5) is 32.0 Å². The van der Waals surface area contributed by atoms with Gasteiger partial charge in [0.05, 0.1) is 16.7 Å². The third kappa shape index (κ3) is 9.37. The number of aliphatic carboxylic acids is 1. The summed E-state index contributed by atoms with van der Waals surface area (Å²) < 4.78 is 108. The van der Waals surface area contributed by atoms with E-state index < -0.39 is 39.2 Å². The van der Waals surface area contributed by atoms with Crippen LogP contribution in [-0.4, -0.2) is 42.0 Å². The predicted octanol–water partition coefficient (Wildman–Crippen LogP) is 7.28. The van der Waals surface area contributed by atoms with Crippen LogP contribution in [0, 0.1) is 0 Å². The van der Waals surface area contributed by atoms with Gasteiger partial charge < -0.3 is 19.6 Å². The van der Waals surface area contributed by atoms with Crippen LogP contribution in [0.15, 0.2) is 102 Å². The summed E-state index contributed by atoms with van der Waals surface area (Å²) in [7, 11) is -4.37. The van der Waals surface area contributed by atoms with Gasteiger partial charge in [-0.15, -0.1) is 13.2 Å². The highest BCUT2D eigenvalue weighted by Crippen LogP contribution is 2.31. The number of nitrogens with zero attached hydrogens (tertiary/aromatic N) is 1. The summed E-state index contributed by atoms with van der Waals surface area (Å²) in [6, 6.07) is 26.1. The standard InChI is InChI=1S/C27H20F3N3O4S.C2HF3O2/c28-27(29,30)37-24-8-4-5-9-25(24)38(34,35)33-19-12-15-22-23(17-19)32-26(31-22)16-18-10-13-21(14-11-18)36-20-6-2-1-3-7-20;3-2(4,5)1(6)7/h1-15,17,33H,16H2,(H,31,32);(H,6,7). The highest BCUT2D eigenvalue weighted by molar-refractivity contribution is 7.92. The Bertz CT molecular complexity index is 1880. The van der Waals surface area contributed by atoms with E-state index >= 15 is 0 Å². The minimum atomic E-state index is -5.08. The van der Waals surface area contributed by atoms with Crippen LogP contribution in [0.25, 0.3) is 11.0 Å². The number of rotatable bonds is 8. The summed E-state index contributed by atoms with van der Waals surface area (Å²) >= 11 is 0. The number of carboxylic acid groups (broad SMARTS) is 1. The van der Waals surface area contributed by atoms with Gasteiger partial charge in [-0.2, -0.15) is 13.2 Å². The second-order valence-corrected chi connectivity index (χ2v) is 10.7. The summed E-state index contributed by atoms with van der Waals surface area (Å²) in [5.74, 6) is -1.49. The van der Waals surface area contributed by atoms with Crippen molar-refractivity contribution in [2.75, 3.05) is 4.72 Å². The van der Waals surface area contributed by atoms with Gasteiger partial charge in [0.15, 0.2) is 0 Å². The molecule has 0 saturated carbocycles. The number of hydrogen-bond acceptors (Lipinski definition) is 6. The third-order valence-electron chi connectivity index (χ3n) is 5.66. The number of hydrogen-bond donors (Lipinski definition) is 3. The number of carboxylic acids is 1. The molecule has 9 nitrogen and oxygen atoms in total. The molecule has 5 rings (SSSR count). The summed E-state index contributed by atoms with van der Waals surface area (Å²) in [5.41, 5.74) is 2.29. The lowest BCUT2D eigenvalue weighted by Crippen LogP contribution is -2.21. The van der Waals surface area contributed by atoms with E-state index in [1.165, 1.54) is 24.3 Å². The van der Waals surface area contributed by atoms with Crippen molar-refractivity contribution in [1.29, 1.82) is 0 Å². The van der Waals surface area contributed by atoms with Crippen molar-refractivity contribution in [1.82, 2.24) is 9.97 Å². The Hall–Kier alpha value is -5.25. The number of aromatic amines is 1. The topological polar surface area (TPSA) is 131 Å². The van der Waals surface area contributed by atoms with E-state index in [0.717, 1.165) is 23.4 Å². The minimum Gasteiger partial charge on any atom is -0.475 e. The number of fused-ring (bicyclic) bond motifs is 1. The molecule has 0 radical (unpaired) electrons. The van der Waals surface area contributed by atoms with Crippen molar-refractivity contribution in [3.63, 3.8) is 0 Å². The van der Waals surface area contributed by atoms with E-state index in [9.17, 15) is 34.8 Å². The van der Waals surface area contributed by atoms with Crippen molar-refractivity contribution in [3.8, 4) is 17.2 Å². The zero-order valence-electron chi connectivity index (χ0n) is 22.6. The molecule has 236 valence electrons. The molecular formula is C29H21F6N3O6S. The van der Waals surface area contributed by atoms with Gasteiger partial charge in [0.25, 0.3) is 10.0 Å². The maximum Gasteiger partial charge on any atom is 0.573 e. The number of aromatic nitrogens is 2. The normalized spacial score (nSPS) is 11.8. The molecule has 1 aromatic heterocycles. The second kappa shape index (κ2) is 13.2. The van der Waals surface area contributed by atoms with Gasteiger partial charge in [-0.25, -0.2) is 18.2 Å². The first-order chi connectivity index (χ1) is 21.1. The maximum atomic E-state index is 12.8. The Labute approximate surface area is 251 Å². The molecule has 0 fully saturated rings. The van der Waals surface area contributed by atoms with Crippen LogP contribution in [0.1, 0.15) is 11.4 Å². The molecule has 0 atom stereocenters. The molecule has 0 unspecified atom stereocenters. The van der Waals surface area contributed by atoms with Crippen LogP contribution < -0.4 is 14.2 Å². The molecular weight excluding hydrogens is 632 g/mol. The fourth-order valence-corrected chi connectivity index (χ4v) is 4.97. The number of ether oxygens (including phenoxy) is 2. The molecule has 16 heteroatoms. The molecule has 0 bridgehead atoms. The Morgan fingerprint density at radius 1 is 0.844 bits per heavy atom. The predicted molar refractivity (Wildman–Crippen MR) is 149 cm³/mol. The molecule has 5 aromatic rings. The highest BCUT2D eigenvalue weighted by atomic mass is 32.2. The molecule has 0 aliphatic heterocycles. The first kappa shape index (κ1) is 32.7. The van der Waals surface area contributed by atoms with E-state index in [4.69, 9.17) is 14.6 Å². The number of anilines is 1. The van der Waals surface area contributed by atoms with Gasteiger partial charge >= 0.3 is 18.5 Å². The van der Waals surface area contributed by atoms with Gasteiger partial charge in [-0.05, 0) is 60.2 Å². The van der Waals surface area contributed by atoms with Gasteiger partial charge in [0.1, 0.15) is 28.0 Å². The van der Waals surface area contributed by atoms with E-state index in [2.05, 4.69) is 19.4 Å². The van der Waals surface area contributed by atoms with Crippen molar-refractivity contribution in [2.24, 2.45) is 0 Å². The largest absolute Gasteiger partial charge is 0.573 e. The number of imidazole rings is 1. The Morgan fingerprint density at radius 3 is 2.07 bits per heavy atom. The fourth-order valence-electron chi connectivity index (χ4n) is 3.79. The fraction of sp³-hybridized carbons (Fsp3) is 0.103. The average Bonchev–Trinajstić information content (AvgIpc) is 3.35. The van der Waals surface area contributed by atoms with E-state index in [-0.39, 0.29) is 5.69 Å². The Kier molecular flexibility index (Phi) is 9.56. The molecule has 0 aliphatic rings. The summed E-state index contributed by atoms with van der Waals surface area (Å²) in [6.07, 6.45) is -9.63. The molecule has 1 heterocycles. The SMILES string of the molecule is O=C(O)C(F)(F)F.O=S(=O)(Nc1ccc2nc(Cc3ccc(Oc4ccccc4)cc3)[nH]c2c1)c1ccccc1OC(F)(F)F. The number of benzene rings is 4. The first-order valence-electron chi connectivity index (χ1n) is 12.6. The van der Waals surface area contributed by atoms with Crippen LogP contribution in [0.3, 0.4) is 0 Å². The monoisotopic (exact) mass is 653 g/mol. The van der Waals surface area contributed by atoms with Crippen LogP contribution in [0.5, 0.6) is 17.2 Å².